The molecule has 3 rings (SSSR count). The van der Waals surface area contributed by atoms with E-state index in [2.05, 4.69) is 5.32 Å². The molecule has 0 aromatic heterocycles. The van der Waals surface area contributed by atoms with Gasteiger partial charge in [0.2, 0.25) is 10.0 Å². The summed E-state index contributed by atoms with van der Waals surface area (Å²) < 4.78 is 55.2. The van der Waals surface area contributed by atoms with E-state index >= 15 is 0 Å². The molecular formula is C20H21ClF2N2O3S. The SMILES string of the molecule is CC[C@H]1CCCCN1S(=O)(=O)c1ccc(F)c(C(=O)Nc2ccc(F)c(Cl)c2)c1. The standard InChI is InChI=1S/C20H21ClF2N2O3S/c1-2-14-5-3-4-10-25(14)29(27,28)15-7-9-18(22)16(12-15)20(26)24-13-6-8-19(23)17(21)11-13/h6-9,11-12,14H,2-5,10H2,1H3,(H,24,26)/t14-/m0/s1. The van der Waals surface area contributed by atoms with Gasteiger partial charge in [0.25, 0.3) is 5.91 Å². The molecule has 0 radical (unpaired) electrons. The molecule has 1 fully saturated rings. The lowest BCUT2D eigenvalue weighted by atomic mass is 10.0. The Balaban J connectivity index is 1.90. The zero-order chi connectivity index (χ0) is 21.2. The van der Waals surface area contributed by atoms with Gasteiger partial charge in [-0.15, -0.1) is 0 Å². The maximum Gasteiger partial charge on any atom is 0.258 e. The van der Waals surface area contributed by atoms with E-state index in [9.17, 15) is 22.0 Å². The molecule has 0 bridgehead atoms. The van der Waals surface area contributed by atoms with Crippen LogP contribution in [0.15, 0.2) is 41.3 Å². The summed E-state index contributed by atoms with van der Waals surface area (Å²) in [6, 6.07) is 6.58. The third-order valence-electron chi connectivity index (χ3n) is 5.01. The highest BCUT2D eigenvalue weighted by Crippen LogP contribution is 2.28. The van der Waals surface area contributed by atoms with E-state index in [-0.39, 0.29) is 21.6 Å². The molecule has 2 aromatic rings. The summed E-state index contributed by atoms with van der Waals surface area (Å²) in [6.07, 6.45) is 3.17. The van der Waals surface area contributed by atoms with Crippen LogP contribution < -0.4 is 5.32 Å². The van der Waals surface area contributed by atoms with Crippen LogP contribution in [0.2, 0.25) is 5.02 Å². The largest absolute Gasteiger partial charge is 0.322 e. The number of amides is 1. The molecule has 0 spiro atoms. The van der Waals surface area contributed by atoms with Gasteiger partial charge >= 0.3 is 0 Å². The van der Waals surface area contributed by atoms with Crippen LogP contribution in [0.4, 0.5) is 14.5 Å². The second-order valence-corrected chi connectivity index (χ2v) is 9.20. The van der Waals surface area contributed by atoms with Crippen LogP contribution in [0.5, 0.6) is 0 Å². The summed E-state index contributed by atoms with van der Waals surface area (Å²) in [7, 11) is -3.87. The molecule has 1 amide bonds. The second kappa shape index (κ2) is 8.77. The van der Waals surface area contributed by atoms with Crippen LogP contribution in [-0.2, 0) is 10.0 Å². The molecule has 5 nitrogen and oxygen atoms in total. The van der Waals surface area contributed by atoms with Gasteiger partial charge < -0.3 is 5.32 Å². The number of hydrogen-bond acceptors (Lipinski definition) is 3. The molecule has 0 unspecified atom stereocenters. The van der Waals surface area contributed by atoms with E-state index in [0.717, 1.165) is 43.5 Å². The maximum atomic E-state index is 14.3. The van der Waals surface area contributed by atoms with Crippen molar-refractivity contribution >= 4 is 33.2 Å². The monoisotopic (exact) mass is 442 g/mol. The van der Waals surface area contributed by atoms with Crippen LogP contribution in [0.3, 0.4) is 0 Å². The third-order valence-corrected chi connectivity index (χ3v) is 7.25. The second-order valence-electron chi connectivity index (χ2n) is 6.90. The van der Waals surface area contributed by atoms with Crippen LogP contribution in [0.1, 0.15) is 43.0 Å². The fraction of sp³-hybridized carbons (Fsp3) is 0.350. The van der Waals surface area contributed by atoms with Crippen LogP contribution in [0.25, 0.3) is 0 Å². The number of halogens is 3. The summed E-state index contributed by atoms with van der Waals surface area (Å²) in [6.45, 7) is 2.32. The van der Waals surface area contributed by atoms with Gasteiger partial charge in [-0.05, 0) is 55.7 Å². The number of benzene rings is 2. The first-order valence-electron chi connectivity index (χ1n) is 9.32. The average molecular weight is 443 g/mol. The van der Waals surface area contributed by atoms with Crippen LogP contribution in [0, 0.1) is 11.6 Å². The van der Waals surface area contributed by atoms with Gasteiger partial charge in [-0.2, -0.15) is 4.31 Å². The highest BCUT2D eigenvalue weighted by molar-refractivity contribution is 7.89. The number of anilines is 1. The Morgan fingerprint density at radius 3 is 2.59 bits per heavy atom. The minimum absolute atomic E-state index is 0.113. The first kappa shape index (κ1) is 21.7. The molecule has 1 atom stereocenters. The van der Waals surface area contributed by atoms with E-state index < -0.39 is 33.1 Å². The number of sulfonamides is 1. The Morgan fingerprint density at radius 1 is 1.17 bits per heavy atom. The Bertz CT molecular complexity index is 1030. The van der Waals surface area contributed by atoms with Gasteiger partial charge in [0.15, 0.2) is 0 Å². The van der Waals surface area contributed by atoms with Gasteiger partial charge in [-0.25, -0.2) is 17.2 Å². The van der Waals surface area contributed by atoms with Crippen molar-refractivity contribution in [3.8, 4) is 0 Å². The number of nitrogens with zero attached hydrogens (tertiary/aromatic N) is 1. The molecule has 9 heteroatoms. The van der Waals surface area contributed by atoms with Crippen molar-refractivity contribution in [3.05, 3.63) is 58.6 Å². The predicted octanol–water partition coefficient (Wildman–Crippen LogP) is 4.82. The lowest BCUT2D eigenvalue weighted by Gasteiger charge is -2.34. The molecule has 1 saturated heterocycles. The van der Waals surface area contributed by atoms with Crippen molar-refractivity contribution in [2.45, 2.75) is 43.5 Å². The van der Waals surface area contributed by atoms with E-state index in [1.165, 1.54) is 16.4 Å². The lowest BCUT2D eigenvalue weighted by molar-refractivity contribution is 0.102. The zero-order valence-electron chi connectivity index (χ0n) is 15.8. The third kappa shape index (κ3) is 4.60. The van der Waals surface area contributed by atoms with E-state index in [1.54, 1.807) is 0 Å². The molecular weight excluding hydrogens is 422 g/mol. The molecule has 0 aliphatic carbocycles. The molecule has 1 aliphatic rings. The van der Waals surface area contributed by atoms with Gasteiger partial charge in [0.1, 0.15) is 11.6 Å². The summed E-state index contributed by atoms with van der Waals surface area (Å²) in [4.78, 5) is 12.4. The van der Waals surface area contributed by atoms with Crippen molar-refractivity contribution in [2.24, 2.45) is 0 Å². The van der Waals surface area contributed by atoms with Crippen molar-refractivity contribution in [1.29, 1.82) is 0 Å². The normalized spacial score (nSPS) is 17.9. The number of nitrogens with one attached hydrogen (secondary N) is 1. The smallest absolute Gasteiger partial charge is 0.258 e. The van der Waals surface area contributed by atoms with E-state index in [0.29, 0.717) is 13.0 Å². The summed E-state index contributed by atoms with van der Waals surface area (Å²) in [5, 5.41) is 2.21. The number of rotatable bonds is 5. The van der Waals surface area contributed by atoms with Gasteiger partial charge in [0, 0.05) is 18.3 Å². The van der Waals surface area contributed by atoms with Crippen molar-refractivity contribution in [3.63, 3.8) is 0 Å². The molecule has 0 saturated carbocycles. The minimum atomic E-state index is -3.87. The number of carbonyl (C=O) groups excluding carboxylic acids is 1. The maximum absolute atomic E-state index is 14.3. The van der Waals surface area contributed by atoms with E-state index in [4.69, 9.17) is 11.6 Å². The fourth-order valence-electron chi connectivity index (χ4n) is 3.44. The highest BCUT2D eigenvalue weighted by atomic mass is 35.5. The zero-order valence-corrected chi connectivity index (χ0v) is 17.4. The lowest BCUT2D eigenvalue weighted by Crippen LogP contribution is -2.43. The Kier molecular flexibility index (Phi) is 6.55. The molecule has 2 aromatic carbocycles. The van der Waals surface area contributed by atoms with Crippen molar-refractivity contribution in [2.75, 3.05) is 11.9 Å². The average Bonchev–Trinajstić information content (AvgIpc) is 2.70. The first-order valence-corrected chi connectivity index (χ1v) is 11.1. The van der Waals surface area contributed by atoms with Gasteiger partial charge in [0.05, 0.1) is 15.5 Å². The molecule has 29 heavy (non-hydrogen) atoms. The highest BCUT2D eigenvalue weighted by Gasteiger charge is 2.33. The van der Waals surface area contributed by atoms with Crippen molar-refractivity contribution in [1.82, 2.24) is 4.31 Å². The summed E-state index contributed by atoms with van der Waals surface area (Å²) in [5.74, 6) is -2.37. The molecule has 156 valence electrons. The molecule has 1 heterocycles. The predicted molar refractivity (Wildman–Crippen MR) is 108 cm³/mol. The molecule has 1 aliphatic heterocycles. The summed E-state index contributed by atoms with van der Waals surface area (Å²) in [5.41, 5.74) is -0.257. The number of piperidine rings is 1. The minimum Gasteiger partial charge on any atom is -0.322 e. The molecule has 1 N–H and O–H groups in total. The van der Waals surface area contributed by atoms with Crippen molar-refractivity contribution < 1.29 is 22.0 Å². The number of hydrogen-bond donors (Lipinski definition) is 1. The van der Waals surface area contributed by atoms with Crippen LogP contribution >= 0.6 is 11.6 Å². The van der Waals surface area contributed by atoms with E-state index in [1.807, 2.05) is 6.92 Å². The fourth-order valence-corrected chi connectivity index (χ4v) is 5.42. The topological polar surface area (TPSA) is 66.5 Å². The number of carbonyl (C=O) groups is 1. The Morgan fingerprint density at radius 2 is 1.90 bits per heavy atom. The van der Waals surface area contributed by atoms with Gasteiger partial charge in [-0.3, -0.25) is 4.79 Å². The van der Waals surface area contributed by atoms with Crippen LogP contribution in [-0.4, -0.2) is 31.2 Å². The Labute approximate surface area is 173 Å². The first-order chi connectivity index (χ1) is 13.7. The van der Waals surface area contributed by atoms with Gasteiger partial charge in [-0.1, -0.05) is 24.9 Å². The quantitative estimate of drug-likeness (QED) is 0.721. The summed E-state index contributed by atoms with van der Waals surface area (Å²) >= 11 is 5.69. The Hall–Kier alpha value is -2.03.